The van der Waals surface area contributed by atoms with E-state index < -0.39 is 68.1 Å². The Hall–Kier alpha value is -3.27. The molecule has 0 amide bonds. The van der Waals surface area contributed by atoms with Crippen molar-refractivity contribution in [1.82, 2.24) is 14.6 Å². The van der Waals surface area contributed by atoms with Crippen LogP contribution in [-0.4, -0.2) is 51.6 Å². The summed E-state index contributed by atoms with van der Waals surface area (Å²) < 4.78 is 36.6. The second kappa shape index (κ2) is 11.9. The van der Waals surface area contributed by atoms with Crippen LogP contribution in [0, 0.1) is 24.2 Å². The fourth-order valence-corrected chi connectivity index (χ4v) is 5.04. The molecule has 1 saturated heterocycles. The first-order valence-corrected chi connectivity index (χ1v) is 13.0. The molecule has 1 aliphatic heterocycles. The molecule has 0 bridgehead atoms. The summed E-state index contributed by atoms with van der Waals surface area (Å²) >= 11 is 0. The number of carbonyl (C=O) groups is 1. The number of aromatic nitrogens is 2. The standard InChI is InChI=1S/C23H29N4O9P/c1-13(2)34-22(30)15(4)26-37(32,36-16-8-6-5-7-9-16)33-12-18-19(28)17(10-24)21(35-18)27-11-14(3)20(29)25-23(27)31/h5-9,11,13,15,17-19,21,28H,12H2,1-4H3,(H,26,32)(H,25,29,31)/t15-,17+,18+,19-,21+,37?/m0/s1. The number of ether oxygens (including phenoxy) is 2. The van der Waals surface area contributed by atoms with Crippen molar-refractivity contribution < 1.29 is 33.0 Å². The number of nitriles is 1. The van der Waals surface area contributed by atoms with Gasteiger partial charge in [0.1, 0.15) is 29.9 Å². The van der Waals surface area contributed by atoms with Gasteiger partial charge in [-0.3, -0.25) is 23.7 Å². The predicted molar refractivity (Wildman–Crippen MR) is 130 cm³/mol. The largest absolute Gasteiger partial charge is 0.462 e. The number of carbonyl (C=O) groups excluding carboxylic acids is 1. The van der Waals surface area contributed by atoms with Crippen LogP contribution in [0.2, 0.25) is 0 Å². The Balaban J connectivity index is 1.81. The maximum Gasteiger partial charge on any atom is 0.459 e. The SMILES string of the molecule is Cc1cn([C@@H]2O[C@H](COP(=O)(N[C@@H](C)C(=O)OC(C)C)Oc3ccccc3)[C@@H](O)[C@H]2C#N)c(=O)[nH]c1=O. The molecule has 1 aromatic heterocycles. The summed E-state index contributed by atoms with van der Waals surface area (Å²) in [6.07, 6.45) is -3.09. The zero-order valence-corrected chi connectivity index (χ0v) is 21.6. The summed E-state index contributed by atoms with van der Waals surface area (Å²) in [6.45, 7) is 5.68. The van der Waals surface area contributed by atoms with Crippen molar-refractivity contribution in [2.75, 3.05) is 6.61 Å². The Morgan fingerprint density at radius 2 is 1.97 bits per heavy atom. The number of benzene rings is 1. The van der Waals surface area contributed by atoms with Gasteiger partial charge in [0.15, 0.2) is 6.23 Å². The van der Waals surface area contributed by atoms with Crippen LogP contribution in [0.1, 0.15) is 32.6 Å². The molecule has 13 nitrogen and oxygen atoms in total. The number of nitrogens with zero attached hydrogens (tertiary/aromatic N) is 2. The highest BCUT2D eigenvalue weighted by Gasteiger charge is 2.47. The number of rotatable bonds is 10. The lowest BCUT2D eigenvalue weighted by molar-refractivity contribution is -0.149. The van der Waals surface area contributed by atoms with Gasteiger partial charge >= 0.3 is 19.4 Å². The zero-order chi connectivity index (χ0) is 27.3. The molecule has 3 N–H and O–H groups in total. The topological polar surface area (TPSA) is 182 Å². The minimum absolute atomic E-state index is 0.179. The number of H-pyrrole nitrogens is 1. The number of aromatic amines is 1. The van der Waals surface area contributed by atoms with E-state index >= 15 is 0 Å². The van der Waals surface area contributed by atoms with Crippen molar-refractivity contribution >= 4 is 13.7 Å². The lowest BCUT2D eigenvalue weighted by Gasteiger charge is -2.25. The monoisotopic (exact) mass is 536 g/mol. The third-order valence-corrected chi connectivity index (χ3v) is 7.02. The van der Waals surface area contributed by atoms with Gasteiger partial charge in [0.05, 0.1) is 18.8 Å². The maximum atomic E-state index is 13.6. The van der Waals surface area contributed by atoms with Crippen LogP contribution < -0.4 is 20.9 Å². The van der Waals surface area contributed by atoms with E-state index in [1.54, 1.807) is 32.0 Å². The second-order valence-corrected chi connectivity index (χ2v) is 10.4. The smallest absolute Gasteiger partial charge is 0.459 e. The summed E-state index contributed by atoms with van der Waals surface area (Å²) in [5.74, 6) is -1.72. The minimum Gasteiger partial charge on any atom is -0.462 e. The number of hydrogen-bond acceptors (Lipinski definition) is 10. The number of hydrogen-bond donors (Lipinski definition) is 3. The average Bonchev–Trinajstić information content (AvgIpc) is 3.15. The van der Waals surface area contributed by atoms with Gasteiger partial charge in [0, 0.05) is 11.8 Å². The van der Waals surface area contributed by atoms with E-state index in [4.69, 9.17) is 18.5 Å². The van der Waals surface area contributed by atoms with Gasteiger partial charge in [-0.05, 0) is 39.8 Å². The van der Waals surface area contributed by atoms with Gasteiger partial charge in [0.2, 0.25) is 0 Å². The molecule has 0 saturated carbocycles. The lowest BCUT2D eigenvalue weighted by Crippen LogP contribution is -2.37. The molecular weight excluding hydrogens is 507 g/mol. The van der Waals surface area contributed by atoms with Gasteiger partial charge in [-0.1, -0.05) is 18.2 Å². The van der Waals surface area contributed by atoms with E-state index in [9.17, 15) is 29.3 Å². The highest BCUT2D eigenvalue weighted by Crippen LogP contribution is 2.46. The van der Waals surface area contributed by atoms with Crippen LogP contribution in [0.3, 0.4) is 0 Å². The highest BCUT2D eigenvalue weighted by atomic mass is 31.2. The van der Waals surface area contributed by atoms with Crippen molar-refractivity contribution in [1.29, 1.82) is 5.26 Å². The summed E-state index contributed by atoms with van der Waals surface area (Å²) in [4.78, 5) is 38.4. The van der Waals surface area contributed by atoms with Crippen molar-refractivity contribution in [3.63, 3.8) is 0 Å². The minimum atomic E-state index is -4.26. The molecule has 2 heterocycles. The summed E-state index contributed by atoms with van der Waals surface area (Å²) in [5.41, 5.74) is -1.23. The molecule has 0 aliphatic carbocycles. The Morgan fingerprint density at radius 3 is 2.59 bits per heavy atom. The molecule has 0 spiro atoms. The molecule has 37 heavy (non-hydrogen) atoms. The fraction of sp³-hybridized carbons (Fsp3) is 0.478. The van der Waals surface area contributed by atoms with E-state index in [1.165, 1.54) is 32.2 Å². The zero-order valence-electron chi connectivity index (χ0n) is 20.7. The third-order valence-electron chi connectivity index (χ3n) is 5.37. The number of aliphatic hydroxyl groups excluding tert-OH is 1. The van der Waals surface area contributed by atoms with Crippen molar-refractivity contribution in [2.45, 2.75) is 58.3 Å². The van der Waals surface area contributed by atoms with Gasteiger partial charge in [-0.2, -0.15) is 10.3 Å². The first-order valence-electron chi connectivity index (χ1n) is 11.5. The van der Waals surface area contributed by atoms with E-state index in [1.807, 2.05) is 6.07 Å². The van der Waals surface area contributed by atoms with Crippen LogP contribution >= 0.6 is 7.75 Å². The molecule has 1 aromatic carbocycles. The first-order chi connectivity index (χ1) is 17.4. The normalized spacial score (nSPS) is 23.7. The maximum absolute atomic E-state index is 13.6. The molecule has 6 atom stereocenters. The third kappa shape index (κ3) is 6.94. The first kappa shape index (κ1) is 28.3. The van der Waals surface area contributed by atoms with E-state index in [0.717, 1.165) is 4.57 Å². The summed E-state index contributed by atoms with van der Waals surface area (Å²) in [6, 6.07) is 8.88. The summed E-state index contributed by atoms with van der Waals surface area (Å²) in [7, 11) is -4.26. The second-order valence-electron chi connectivity index (χ2n) is 8.72. The molecule has 14 heteroatoms. The van der Waals surface area contributed by atoms with Crippen LogP contribution in [-0.2, 0) is 23.4 Å². The van der Waals surface area contributed by atoms with Crippen molar-refractivity contribution in [3.8, 4) is 11.8 Å². The predicted octanol–water partition coefficient (Wildman–Crippen LogP) is 1.38. The van der Waals surface area contributed by atoms with E-state index in [-0.39, 0.29) is 11.3 Å². The molecular formula is C23H29N4O9P. The number of esters is 1. The Labute approximate surface area is 212 Å². The highest BCUT2D eigenvalue weighted by molar-refractivity contribution is 7.52. The Bertz CT molecular complexity index is 1300. The fourth-order valence-electron chi connectivity index (χ4n) is 3.54. The molecule has 1 aliphatic rings. The number of aliphatic hydroxyl groups is 1. The van der Waals surface area contributed by atoms with E-state index in [2.05, 4.69) is 10.1 Å². The van der Waals surface area contributed by atoms with Gasteiger partial charge in [-0.15, -0.1) is 0 Å². The molecule has 3 rings (SSSR count). The van der Waals surface area contributed by atoms with Crippen LogP contribution in [0.25, 0.3) is 0 Å². The van der Waals surface area contributed by atoms with E-state index in [0.29, 0.717) is 0 Å². The number of nitrogens with one attached hydrogen (secondary N) is 2. The number of para-hydroxylation sites is 1. The Morgan fingerprint density at radius 1 is 1.30 bits per heavy atom. The van der Waals surface area contributed by atoms with Gasteiger partial charge in [0.25, 0.3) is 5.56 Å². The Kier molecular flexibility index (Phi) is 9.07. The van der Waals surface area contributed by atoms with Crippen LogP contribution in [0.5, 0.6) is 5.75 Å². The quantitative estimate of drug-likeness (QED) is 0.295. The summed E-state index contributed by atoms with van der Waals surface area (Å²) in [5, 5.41) is 22.8. The number of aryl methyl sites for hydroxylation is 1. The van der Waals surface area contributed by atoms with Gasteiger partial charge < -0.3 is 19.1 Å². The lowest BCUT2D eigenvalue weighted by atomic mass is 10.0. The molecule has 2 aromatic rings. The van der Waals surface area contributed by atoms with Crippen LogP contribution in [0.15, 0.2) is 46.1 Å². The van der Waals surface area contributed by atoms with Crippen molar-refractivity contribution in [3.05, 3.63) is 62.9 Å². The molecule has 0 radical (unpaired) electrons. The van der Waals surface area contributed by atoms with Gasteiger partial charge in [-0.25, -0.2) is 9.36 Å². The average molecular weight is 536 g/mol. The molecule has 200 valence electrons. The van der Waals surface area contributed by atoms with Crippen molar-refractivity contribution in [2.24, 2.45) is 5.92 Å². The molecule has 1 unspecified atom stereocenters. The van der Waals surface area contributed by atoms with Crippen LogP contribution in [0.4, 0.5) is 0 Å². The molecule has 1 fully saturated rings.